The van der Waals surface area contributed by atoms with Gasteiger partial charge in [-0.1, -0.05) is 11.6 Å². The van der Waals surface area contributed by atoms with E-state index in [0.29, 0.717) is 16.5 Å². The minimum absolute atomic E-state index is 0.161. The van der Waals surface area contributed by atoms with E-state index in [1.165, 1.54) is 0 Å². The second-order valence-electron chi connectivity index (χ2n) is 6.62. The molecule has 8 heteroatoms. The molecule has 1 atom stereocenters. The lowest BCUT2D eigenvalue weighted by Crippen LogP contribution is -2.27. The number of aryl methyl sites for hydroxylation is 2. The molecule has 0 saturated heterocycles. The summed E-state index contributed by atoms with van der Waals surface area (Å²) in [5.74, 6) is 0.456. The summed E-state index contributed by atoms with van der Waals surface area (Å²) < 4.78 is 9.18. The highest BCUT2D eigenvalue weighted by atomic mass is 35.5. The monoisotopic (exact) mass is 401 g/mol. The Balaban J connectivity index is 1.60. The van der Waals surface area contributed by atoms with Crippen LogP contribution in [0.15, 0.2) is 36.7 Å². The van der Waals surface area contributed by atoms with Gasteiger partial charge in [-0.15, -0.1) is 0 Å². The number of rotatable bonds is 7. The van der Waals surface area contributed by atoms with Crippen molar-refractivity contribution >= 4 is 17.5 Å². The maximum absolute atomic E-state index is 12.5. The molecule has 28 heavy (non-hydrogen) atoms. The Morgan fingerprint density at radius 2 is 2.11 bits per heavy atom. The Kier molecular flexibility index (Phi) is 6.04. The van der Waals surface area contributed by atoms with E-state index in [1.54, 1.807) is 35.3 Å². The number of nitrogens with one attached hydrogen (secondary N) is 1. The summed E-state index contributed by atoms with van der Waals surface area (Å²) in [6.07, 6.45) is 3.51. The first-order chi connectivity index (χ1) is 13.4. The summed E-state index contributed by atoms with van der Waals surface area (Å²) in [6.45, 7) is 8.88. The van der Waals surface area contributed by atoms with Crippen LogP contribution in [0.5, 0.6) is 5.75 Å². The summed E-state index contributed by atoms with van der Waals surface area (Å²) in [5.41, 5.74) is 3.32. The zero-order chi connectivity index (χ0) is 20.3. The second-order valence-corrected chi connectivity index (χ2v) is 7.03. The summed E-state index contributed by atoms with van der Waals surface area (Å²) >= 11 is 6.02. The highest BCUT2D eigenvalue weighted by molar-refractivity contribution is 6.31. The molecule has 1 aromatic carbocycles. The van der Waals surface area contributed by atoms with E-state index < -0.39 is 0 Å². The predicted octanol–water partition coefficient (Wildman–Crippen LogP) is 3.90. The maximum Gasteiger partial charge on any atom is 0.272 e. The van der Waals surface area contributed by atoms with E-state index >= 15 is 0 Å². The quantitative estimate of drug-likeness (QED) is 0.651. The van der Waals surface area contributed by atoms with E-state index in [9.17, 15) is 4.79 Å². The van der Waals surface area contributed by atoms with Crippen LogP contribution in [-0.2, 0) is 13.3 Å². The molecule has 3 rings (SSSR count). The molecular weight excluding hydrogens is 378 g/mol. The highest BCUT2D eigenvalue weighted by Crippen LogP contribution is 2.21. The zero-order valence-corrected chi connectivity index (χ0v) is 17.2. The first-order valence-corrected chi connectivity index (χ1v) is 9.52. The van der Waals surface area contributed by atoms with Gasteiger partial charge in [0.05, 0.1) is 12.2 Å². The standard InChI is InChI=1S/C20H24ClN5O2/c1-5-26-15(4)17(11-22-26)14(3)23-20(27)19-8-9-25(24-19)12-28-16-6-7-18(21)13(2)10-16/h6-11,14H,5,12H2,1-4H3,(H,23,27). The van der Waals surface area contributed by atoms with E-state index in [1.807, 2.05) is 38.4 Å². The minimum Gasteiger partial charge on any atom is -0.471 e. The molecule has 0 aliphatic carbocycles. The fourth-order valence-corrected chi connectivity index (χ4v) is 3.07. The molecule has 148 valence electrons. The van der Waals surface area contributed by atoms with E-state index in [2.05, 4.69) is 15.5 Å². The number of nitrogens with zero attached hydrogens (tertiary/aromatic N) is 4. The molecular formula is C20H24ClN5O2. The lowest BCUT2D eigenvalue weighted by molar-refractivity contribution is 0.0932. The molecule has 0 spiro atoms. The number of hydrogen-bond acceptors (Lipinski definition) is 4. The smallest absolute Gasteiger partial charge is 0.272 e. The number of amides is 1. The Hall–Kier alpha value is -2.80. The molecule has 0 radical (unpaired) electrons. The van der Waals surface area contributed by atoms with Gasteiger partial charge in [0, 0.05) is 29.0 Å². The van der Waals surface area contributed by atoms with Gasteiger partial charge in [0.1, 0.15) is 11.4 Å². The van der Waals surface area contributed by atoms with Crippen molar-refractivity contribution in [2.24, 2.45) is 0 Å². The number of benzene rings is 1. The Bertz CT molecular complexity index is 979. The Labute approximate surface area is 169 Å². The van der Waals surface area contributed by atoms with Gasteiger partial charge in [-0.3, -0.25) is 9.48 Å². The van der Waals surface area contributed by atoms with Crippen molar-refractivity contribution < 1.29 is 9.53 Å². The fraction of sp³-hybridized carbons (Fsp3) is 0.350. The van der Waals surface area contributed by atoms with Crippen molar-refractivity contribution in [2.75, 3.05) is 0 Å². The molecule has 7 nitrogen and oxygen atoms in total. The van der Waals surface area contributed by atoms with Crippen molar-refractivity contribution in [3.05, 3.63) is 64.2 Å². The fourth-order valence-electron chi connectivity index (χ4n) is 2.96. The Morgan fingerprint density at radius 3 is 2.79 bits per heavy atom. The van der Waals surface area contributed by atoms with Gasteiger partial charge in [0.2, 0.25) is 0 Å². The molecule has 2 aromatic heterocycles. The number of ether oxygens (including phenoxy) is 1. The van der Waals surface area contributed by atoms with Crippen LogP contribution in [0.25, 0.3) is 0 Å². The van der Waals surface area contributed by atoms with Gasteiger partial charge < -0.3 is 10.1 Å². The average molecular weight is 402 g/mol. The van der Waals surface area contributed by atoms with Crippen LogP contribution in [-0.4, -0.2) is 25.5 Å². The van der Waals surface area contributed by atoms with E-state index in [-0.39, 0.29) is 18.7 Å². The zero-order valence-electron chi connectivity index (χ0n) is 16.4. The van der Waals surface area contributed by atoms with E-state index in [0.717, 1.165) is 23.4 Å². The normalized spacial score (nSPS) is 12.0. The number of carbonyl (C=O) groups excluding carboxylic acids is 1. The maximum atomic E-state index is 12.5. The second kappa shape index (κ2) is 8.48. The lowest BCUT2D eigenvalue weighted by Gasteiger charge is -2.13. The van der Waals surface area contributed by atoms with Gasteiger partial charge >= 0.3 is 0 Å². The minimum atomic E-state index is -0.239. The number of aromatic nitrogens is 4. The van der Waals surface area contributed by atoms with Crippen molar-refractivity contribution in [3.63, 3.8) is 0 Å². The third-order valence-corrected chi connectivity index (χ3v) is 5.05. The van der Waals surface area contributed by atoms with Gasteiger partial charge in [-0.2, -0.15) is 10.2 Å². The first-order valence-electron chi connectivity index (χ1n) is 9.14. The SMILES string of the molecule is CCn1ncc(C(C)NC(=O)c2ccn(COc3ccc(Cl)c(C)c3)n2)c1C. The predicted molar refractivity (Wildman–Crippen MR) is 108 cm³/mol. The average Bonchev–Trinajstić information content (AvgIpc) is 3.29. The Morgan fingerprint density at radius 1 is 1.32 bits per heavy atom. The molecule has 0 fully saturated rings. The molecule has 1 unspecified atom stereocenters. The van der Waals surface area contributed by atoms with Crippen LogP contribution in [0.2, 0.25) is 5.02 Å². The molecule has 1 N–H and O–H groups in total. The third-order valence-electron chi connectivity index (χ3n) is 4.62. The summed E-state index contributed by atoms with van der Waals surface area (Å²) in [5, 5.41) is 12.3. The van der Waals surface area contributed by atoms with Crippen LogP contribution >= 0.6 is 11.6 Å². The van der Waals surface area contributed by atoms with Crippen molar-refractivity contribution in [3.8, 4) is 5.75 Å². The van der Waals surface area contributed by atoms with Gasteiger partial charge in [0.15, 0.2) is 6.73 Å². The highest BCUT2D eigenvalue weighted by Gasteiger charge is 2.17. The largest absolute Gasteiger partial charge is 0.471 e. The molecule has 0 aliphatic rings. The van der Waals surface area contributed by atoms with Gasteiger partial charge in [-0.25, -0.2) is 4.68 Å². The lowest BCUT2D eigenvalue weighted by atomic mass is 10.1. The number of carbonyl (C=O) groups is 1. The van der Waals surface area contributed by atoms with Crippen LogP contribution in [0.1, 0.15) is 47.2 Å². The number of hydrogen-bond donors (Lipinski definition) is 1. The van der Waals surface area contributed by atoms with Crippen LogP contribution < -0.4 is 10.1 Å². The molecule has 0 saturated carbocycles. The van der Waals surface area contributed by atoms with Crippen LogP contribution in [0.3, 0.4) is 0 Å². The van der Waals surface area contributed by atoms with Crippen LogP contribution in [0, 0.1) is 13.8 Å². The summed E-state index contributed by atoms with van der Waals surface area (Å²) in [7, 11) is 0. The molecule has 0 aliphatic heterocycles. The summed E-state index contributed by atoms with van der Waals surface area (Å²) in [4.78, 5) is 12.5. The first kappa shape index (κ1) is 19.9. The van der Waals surface area contributed by atoms with Crippen molar-refractivity contribution in [1.29, 1.82) is 0 Å². The summed E-state index contributed by atoms with van der Waals surface area (Å²) in [6, 6.07) is 6.96. The van der Waals surface area contributed by atoms with E-state index in [4.69, 9.17) is 16.3 Å². The van der Waals surface area contributed by atoms with Gasteiger partial charge in [0.25, 0.3) is 5.91 Å². The molecule has 0 bridgehead atoms. The van der Waals surface area contributed by atoms with Gasteiger partial charge in [-0.05, 0) is 57.5 Å². The third kappa shape index (κ3) is 4.36. The van der Waals surface area contributed by atoms with Crippen LogP contribution in [0.4, 0.5) is 0 Å². The number of halogens is 1. The molecule has 2 heterocycles. The van der Waals surface area contributed by atoms with Crippen molar-refractivity contribution in [2.45, 2.75) is 47.0 Å². The molecule has 1 amide bonds. The molecule has 3 aromatic rings. The van der Waals surface area contributed by atoms with Crippen molar-refractivity contribution in [1.82, 2.24) is 24.9 Å². The topological polar surface area (TPSA) is 74.0 Å².